The Morgan fingerprint density at radius 2 is 1.60 bits per heavy atom. The number of hydrogen-bond donors (Lipinski definition) is 5. The lowest BCUT2D eigenvalue weighted by atomic mass is 9.78. The summed E-state index contributed by atoms with van der Waals surface area (Å²) < 4.78 is 30.5. The monoisotopic (exact) mass is 940 g/mol. The average molecular weight is 941 g/mol. The SMILES string of the molecule is CO[C@H]1/C=C\O[C@@]2(C)Oc3c(C)c(O)c4c(=O)c(c5oc6cc(N7CCN(C(C)(C)C)CC7)cc(=O)c6nc5c4c3=C2O)NC(=O)/C(C)=C/C=C/[C@H](C)[C@H](O)[C@@H](C)[C@@H](O)[C@@H](C)[C@H](OC(C)=O)[C@@H]1C. The molecule has 68 heavy (non-hydrogen) atoms. The van der Waals surface area contributed by atoms with Crippen LogP contribution in [-0.2, 0) is 23.8 Å². The Morgan fingerprint density at radius 1 is 0.926 bits per heavy atom. The van der Waals surface area contributed by atoms with E-state index >= 15 is 0 Å². The molecule has 0 unspecified atom stereocenters. The first-order valence-corrected chi connectivity index (χ1v) is 23.0. The van der Waals surface area contributed by atoms with Crippen LogP contribution in [0.5, 0.6) is 11.5 Å². The van der Waals surface area contributed by atoms with Crippen LogP contribution in [0.4, 0.5) is 11.4 Å². The second-order valence-corrected chi connectivity index (χ2v) is 19.7. The summed E-state index contributed by atoms with van der Waals surface area (Å²) in [7, 11) is 1.45. The fourth-order valence-electron chi connectivity index (χ4n) is 9.69. The van der Waals surface area contributed by atoms with Crippen LogP contribution in [0.15, 0.2) is 62.3 Å². The number of phenols is 1. The Morgan fingerprint density at radius 3 is 2.24 bits per heavy atom. The van der Waals surface area contributed by atoms with E-state index in [-0.39, 0.29) is 66.3 Å². The number of aliphatic hydroxyl groups is 3. The molecule has 1 aromatic heterocycles. The number of amides is 1. The normalized spacial score (nSPS) is 29.7. The molecule has 0 aliphatic carbocycles. The molecule has 5 N–H and O–H groups in total. The lowest BCUT2D eigenvalue weighted by Gasteiger charge is -2.43. The fourth-order valence-corrected chi connectivity index (χ4v) is 9.69. The van der Waals surface area contributed by atoms with Crippen molar-refractivity contribution in [2.45, 2.75) is 112 Å². The van der Waals surface area contributed by atoms with Crippen molar-refractivity contribution in [1.29, 1.82) is 0 Å². The smallest absolute Gasteiger partial charge is 0.307 e. The van der Waals surface area contributed by atoms with Crippen LogP contribution in [0, 0.1) is 30.6 Å². The number of hydrogen-bond acceptors (Lipinski definition) is 16. The maximum atomic E-state index is 14.9. The van der Waals surface area contributed by atoms with Crippen molar-refractivity contribution >= 4 is 62.0 Å². The second kappa shape index (κ2) is 18.8. The highest BCUT2D eigenvalue weighted by molar-refractivity contribution is 6.16. The van der Waals surface area contributed by atoms with Gasteiger partial charge in [-0.25, -0.2) is 4.98 Å². The van der Waals surface area contributed by atoms with E-state index < -0.39 is 88.1 Å². The molecule has 4 heterocycles. The molecule has 0 radical (unpaired) electrons. The van der Waals surface area contributed by atoms with Gasteiger partial charge in [0, 0.05) is 111 Å². The summed E-state index contributed by atoms with van der Waals surface area (Å²) in [6, 6.07) is 3.15. The highest BCUT2D eigenvalue weighted by Crippen LogP contribution is 2.42. The van der Waals surface area contributed by atoms with E-state index in [1.807, 2.05) is 0 Å². The number of anilines is 2. The number of carbonyl (C=O) groups excluding carboxylic acids is 2. The summed E-state index contributed by atoms with van der Waals surface area (Å²) in [6.07, 6.45) is 3.56. The van der Waals surface area contributed by atoms with Crippen molar-refractivity contribution in [3.05, 3.63) is 79.5 Å². The van der Waals surface area contributed by atoms with Crippen LogP contribution in [0.2, 0.25) is 0 Å². The predicted octanol–water partition coefficient (Wildman–Crippen LogP) is 5.48. The predicted molar refractivity (Wildman–Crippen MR) is 259 cm³/mol. The first-order valence-electron chi connectivity index (χ1n) is 23.0. The van der Waals surface area contributed by atoms with Gasteiger partial charge in [-0.05, 0) is 40.7 Å². The maximum absolute atomic E-state index is 14.9. The van der Waals surface area contributed by atoms with Gasteiger partial charge in [0.1, 0.15) is 28.8 Å². The maximum Gasteiger partial charge on any atom is 0.307 e. The third kappa shape index (κ3) is 9.04. The molecule has 3 aromatic carbocycles. The zero-order valence-corrected chi connectivity index (χ0v) is 40.8. The number of methoxy groups -OCH3 is 1. The van der Waals surface area contributed by atoms with Gasteiger partial charge in [-0.3, -0.25) is 24.1 Å². The van der Waals surface area contributed by atoms with Gasteiger partial charge in [-0.1, -0.05) is 45.9 Å². The fraction of sp³-hybridized carbons (Fsp3) is 0.510. The molecule has 0 spiro atoms. The standard InChI is InChI=1S/C51H64N4O13/c1-24-14-13-15-25(2)49(63)53-40-44(61)36-35(39-47(40)67-34-23-31(22-32(57)38(34)52-39)54-17-19-55(20-18-54)50(8,9)10)37-46(29(6)43(36)60)68-51(11,48(37)62)65-21-16-33(64-12)26(3)45(66-30(7)56)28(5)42(59)27(4)41(24)58/h13-16,21-24,26-28,33,41-42,45,58-60,62H,17-20H2,1-12H3,(H,53,63)/b14-13+,21-16-,25-15+/t24-,26+,27+,28+,33-,41-,42+,45+,51-/m0/s1. The van der Waals surface area contributed by atoms with Crippen LogP contribution < -0.4 is 31.0 Å². The van der Waals surface area contributed by atoms with E-state index in [0.29, 0.717) is 18.8 Å². The first kappa shape index (κ1) is 49.9. The van der Waals surface area contributed by atoms with Gasteiger partial charge in [0.15, 0.2) is 22.4 Å². The Labute approximate surface area is 394 Å². The molecule has 1 fully saturated rings. The van der Waals surface area contributed by atoms with E-state index in [2.05, 4.69) is 35.9 Å². The van der Waals surface area contributed by atoms with Gasteiger partial charge in [0.25, 0.3) is 5.91 Å². The van der Waals surface area contributed by atoms with Crippen molar-refractivity contribution in [1.82, 2.24) is 9.88 Å². The van der Waals surface area contributed by atoms with Crippen LogP contribution in [0.25, 0.3) is 38.7 Å². The van der Waals surface area contributed by atoms with Crippen LogP contribution in [0.1, 0.15) is 74.8 Å². The van der Waals surface area contributed by atoms with E-state index in [9.17, 15) is 39.6 Å². The molecule has 4 aromatic rings. The number of aliphatic hydroxyl groups excluding tert-OH is 3. The average Bonchev–Trinajstić information content (AvgIpc) is 3.56. The summed E-state index contributed by atoms with van der Waals surface area (Å²) in [5, 5.41) is 49.3. The van der Waals surface area contributed by atoms with Crippen molar-refractivity contribution < 1.29 is 53.4 Å². The van der Waals surface area contributed by atoms with Crippen LogP contribution in [-0.4, -0.2) is 111 Å². The summed E-state index contributed by atoms with van der Waals surface area (Å²) in [4.78, 5) is 64.7. The Balaban J connectivity index is 1.46. The third-order valence-corrected chi connectivity index (χ3v) is 14.0. The van der Waals surface area contributed by atoms with Gasteiger partial charge in [0.2, 0.25) is 10.9 Å². The van der Waals surface area contributed by atoms with Gasteiger partial charge < -0.3 is 54.0 Å². The lowest BCUT2D eigenvalue weighted by molar-refractivity contribution is -0.160. The largest absolute Gasteiger partial charge is 0.507 e. The molecule has 3 aliphatic heterocycles. The number of aromatic nitrogens is 1. The number of allylic oxidation sites excluding steroid dienone is 2. The Bertz CT molecular complexity index is 2930. The molecule has 366 valence electrons. The molecule has 0 saturated carbocycles. The molecule has 3 aliphatic rings. The molecular formula is C51H64N4O13. The van der Waals surface area contributed by atoms with Crippen molar-refractivity contribution in [2.75, 3.05) is 43.5 Å². The highest BCUT2D eigenvalue weighted by atomic mass is 16.7. The first-order chi connectivity index (χ1) is 31.9. The number of fused-ring (bicyclic) bond motifs is 2. The number of benzene rings is 3. The minimum absolute atomic E-state index is 0.0331. The molecule has 17 heteroatoms. The Kier molecular flexibility index (Phi) is 13.8. The number of nitrogens with zero attached hydrogens (tertiary/aromatic N) is 3. The molecule has 4 bridgehead atoms. The molecule has 9 atom stereocenters. The quantitative estimate of drug-likeness (QED) is 0.0973. The summed E-state index contributed by atoms with van der Waals surface area (Å²) >= 11 is 0. The number of nitrogens with one attached hydrogen (secondary N) is 1. The molecule has 17 nitrogen and oxygen atoms in total. The number of phenolic OH excluding ortho intramolecular Hbond substituents is 1. The van der Waals surface area contributed by atoms with E-state index in [1.54, 1.807) is 45.9 Å². The van der Waals surface area contributed by atoms with E-state index in [1.165, 1.54) is 59.3 Å². The number of rotatable bonds is 3. The van der Waals surface area contributed by atoms with Gasteiger partial charge in [-0.15, -0.1) is 0 Å². The van der Waals surface area contributed by atoms with Crippen LogP contribution in [0.3, 0.4) is 0 Å². The molecule has 1 saturated heterocycles. The van der Waals surface area contributed by atoms with Crippen molar-refractivity contribution in [3.8, 4) is 11.5 Å². The zero-order valence-electron chi connectivity index (χ0n) is 40.8. The van der Waals surface area contributed by atoms with Gasteiger partial charge in [0.05, 0.1) is 35.2 Å². The van der Waals surface area contributed by atoms with Gasteiger partial charge in [-0.2, -0.15) is 0 Å². The third-order valence-electron chi connectivity index (χ3n) is 14.0. The van der Waals surface area contributed by atoms with Crippen molar-refractivity contribution in [3.63, 3.8) is 0 Å². The van der Waals surface area contributed by atoms with Crippen molar-refractivity contribution in [2.24, 2.45) is 23.7 Å². The molecule has 7 rings (SSSR count). The van der Waals surface area contributed by atoms with Gasteiger partial charge >= 0.3 is 11.8 Å². The van der Waals surface area contributed by atoms with E-state index in [4.69, 9.17) is 28.3 Å². The summed E-state index contributed by atoms with van der Waals surface area (Å²) in [6.45, 7) is 21.8. The minimum Gasteiger partial charge on any atom is -0.507 e. The topological polar surface area (TPSA) is 231 Å². The summed E-state index contributed by atoms with van der Waals surface area (Å²) in [5.41, 5.74) is -1.43. The zero-order chi connectivity index (χ0) is 49.9. The number of aromatic hydroxyl groups is 1. The van der Waals surface area contributed by atoms with Crippen LogP contribution >= 0.6 is 0 Å². The number of esters is 1. The minimum atomic E-state index is -1.98. The molecule has 1 amide bonds. The second-order valence-electron chi connectivity index (χ2n) is 19.7. The van der Waals surface area contributed by atoms with E-state index in [0.717, 1.165) is 13.1 Å². The molecular weight excluding hydrogens is 877 g/mol. The number of piperazine rings is 1. The summed E-state index contributed by atoms with van der Waals surface area (Å²) in [5.74, 6) is -6.94. The Hall–Kier alpha value is -6.01. The lowest BCUT2D eigenvalue weighted by Crippen LogP contribution is -2.53. The number of ether oxygens (including phenoxy) is 4. The number of carbonyl (C=O) groups is 2. The highest BCUT2D eigenvalue weighted by Gasteiger charge is 2.44.